The maximum Gasteiger partial charge on any atom is 0.262 e. The summed E-state index contributed by atoms with van der Waals surface area (Å²) in [7, 11) is 0. The lowest BCUT2D eigenvalue weighted by Crippen LogP contribution is -2.20. The molecule has 2 aromatic carbocycles. The Hall–Kier alpha value is -1.52. The number of nitrogens with one attached hydrogen (secondary N) is 1. The third-order valence-corrected chi connectivity index (χ3v) is 5.55. The second-order valence-corrected chi connectivity index (χ2v) is 7.25. The zero-order chi connectivity index (χ0) is 18.4. The molecule has 0 aliphatic heterocycles. The number of aryl methyl sites for hydroxylation is 2. The maximum atomic E-state index is 12.1. The van der Waals surface area contributed by atoms with Crippen LogP contribution in [0.25, 0.3) is 0 Å². The number of carbonyl (C=O) groups excluding carboxylic acids is 1. The number of unbranched alkanes of at least 4 members (excludes halogenated alkanes) is 1. The van der Waals surface area contributed by atoms with Crippen LogP contribution >= 0.6 is 27.5 Å². The summed E-state index contributed by atoms with van der Waals surface area (Å²) in [4.78, 5) is 12.1. The molecule has 0 heterocycles. The minimum absolute atomic E-state index is 0.0588. The van der Waals surface area contributed by atoms with Crippen LogP contribution < -0.4 is 10.1 Å². The van der Waals surface area contributed by atoms with E-state index in [1.165, 1.54) is 18.4 Å². The van der Waals surface area contributed by atoms with Crippen LogP contribution in [0.5, 0.6) is 5.75 Å². The minimum Gasteiger partial charge on any atom is -0.483 e. The summed E-state index contributed by atoms with van der Waals surface area (Å²) in [6.45, 7) is 5.94. The van der Waals surface area contributed by atoms with E-state index in [4.69, 9.17) is 16.3 Å². The largest absolute Gasteiger partial charge is 0.483 e. The van der Waals surface area contributed by atoms with Gasteiger partial charge in [0.25, 0.3) is 5.91 Å². The van der Waals surface area contributed by atoms with Gasteiger partial charge in [-0.3, -0.25) is 4.79 Å². The van der Waals surface area contributed by atoms with E-state index >= 15 is 0 Å². The van der Waals surface area contributed by atoms with Crippen LogP contribution in [0.15, 0.2) is 34.8 Å². The Bertz CT molecular complexity index is 744. The van der Waals surface area contributed by atoms with Gasteiger partial charge >= 0.3 is 0 Å². The Morgan fingerprint density at radius 3 is 2.56 bits per heavy atom. The van der Waals surface area contributed by atoms with Gasteiger partial charge in [0.1, 0.15) is 5.75 Å². The molecule has 25 heavy (non-hydrogen) atoms. The summed E-state index contributed by atoms with van der Waals surface area (Å²) in [6, 6.07) is 9.78. The van der Waals surface area contributed by atoms with E-state index < -0.39 is 0 Å². The highest BCUT2D eigenvalue weighted by atomic mass is 79.9. The van der Waals surface area contributed by atoms with E-state index in [9.17, 15) is 4.79 Å². The van der Waals surface area contributed by atoms with E-state index in [-0.39, 0.29) is 12.5 Å². The standard InChI is InChI=1S/C20H23BrClNO2/c1-4-5-6-15-7-9-16(10-8-15)23-18(24)12-25-17-11-13(2)20(22)14(3)19(17)21/h7-11H,4-6,12H2,1-3H3,(H,23,24). The van der Waals surface area contributed by atoms with Crippen LogP contribution in [-0.4, -0.2) is 12.5 Å². The summed E-state index contributed by atoms with van der Waals surface area (Å²) in [5.74, 6) is 0.419. The van der Waals surface area contributed by atoms with Crippen LogP contribution in [0, 0.1) is 13.8 Å². The number of hydrogen-bond donors (Lipinski definition) is 1. The molecule has 0 bridgehead atoms. The van der Waals surface area contributed by atoms with Crippen LogP contribution in [-0.2, 0) is 11.2 Å². The molecule has 0 saturated heterocycles. The zero-order valence-electron chi connectivity index (χ0n) is 14.8. The molecule has 0 fully saturated rings. The van der Waals surface area contributed by atoms with Crippen molar-refractivity contribution < 1.29 is 9.53 Å². The predicted octanol–water partition coefficient (Wildman–Crippen LogP) is 6.08. The summed E-state index contributed by atoms with van der Waals surface area (Å²) in [6.07, 6.45) is 3.42. The lowest BCUT2D eigenvalue weighted by atomic mass is 10.1. The SMILES string of the molecule is CCCCc1ccc(NC(=O)COc2cc(C)c(Cl)c(C)c2Br)cc1. The lowest BCUT2D eigenvalue weighted by Gasteiger charge is -2.13. The summed E-state index contributed by atoms with van der Waals surface area (Å²) >= 11 is 9.67. The molecule has 0 unspecified atom stereocenters. The molecular weight excluding hydrogens is 402 g/mol. The molecule has 3 nitrogen and oxygen atoms in total. The minimum atomic E-state index is -0.196. The average molecular weight is 425 g/mol. The van der Waals surface area contributed by atoms with E-state index in [0.717, 1.165) is 27.7 Å². The Morgan fingerprint density at radius 1 is 1.24 bits per heavy atom. The molecule has 2 rings (SSSR count). The topological polar surface area (TPSA) is 38.3 Å². The molecule has 5 heteroatoms. The van der Waals surface area contributed by atoms with Crippen molar-refractivity contribution in [2.75, 3.05) is 11.9 Å². The first-order chi connectivity index (χ1) is 11.9. The number of rotatable bonds is 7. The van der Waals surface area contributed by atoms with Gasteiger partial charge in [-0.25, -0.2) is 0 Å². The van der Waals surface area contributed by atoms with Gasteiger partial charge in [-0.1, -0.05) is 37.1 Å². The molecule has 0 aliphatic rings. The van der Waals surface area contributed by atoms with Gasteiger partial charge in [-0.2, -0.15) is 0 Å². The van der Waals surface area contributed by atoms with Crippen LogP contribution in [0.3, 0.4) is 0 Å². The molecule has 0 aromatic heterocycles. The molecule has 134 valence electrons. The first kappa shape index (κ1) is 19.8. The first-order valence-electron chi connectivity index (χ1n) is 8.39. The second kappa shape index (κ2) is 9.25. The molecule has 1 amide bonds. The monoisotopic (exact) mass is 423 g/mol. The highest BCUT2D eigenvalue weighted by molar-refractivity contribution is 9.10. The summed E-state index contributed by atoms with van der Waals surface area (Å²) < 4.78 is 6.42. The van der Waals surface area contributed by atoms with E-state index in [1.54, 1.807) is 0 Å². The Labute approximate surface area is 162 Å². The van der Waals surface area contributed by atoms with Gasteiger partial charge < -0.3 is 10.1 Å². The maximum absolute atomic E-state index is 12.1. The number of anilines is 1. The molecule has 1 N–H and O–H groups in total. The van der Waals surface area contributed by atoms with E-state index in [0.29, 0.717) is 10.8 Å². The van der Waals surface area contributed by atoms with E-state index in [2.05, 4.69) is 40.3 Å². The molecule has 0 saturated carbocycles. The molecule has 0 aliphatic carbocycles. The van der Waals surface area contributed by atoms with E-state index in [1.807, 2.05) is 32.0 Å². The van der Waals surface area contributed by atoms with Crippen molar-refractivity contribution in [3.05, 3.63) is 56.5 Å². The quantitative estimate of drug-likeness (QED) is 0.585. The fourth-order valence-electron chi connectivity index (χ4n) is 2.48. The predicted molar refractivity (Wildman–Crippen MR) is 108 cm³/mol. The molecule has 0 spiro atoms. The van der Waals surface area contributed by atoms with Gasteiger partial charge in [-0.05, 0) is 77.5 Å². The number of ether oxygens (including phenoxy) is 1. The van der Waals surface area contributed by atoms with Crippen molar-refractivity contribution in [2.24, 2.45) is 0 Å². The van der Waals surface area contributed by atoms with Crippen LogP contribution in [0.4, 0.5) is 5.69 Å². The Balaban J connectivity index is 1.93. The number of carbonyl (C=O) groups is 1. The van der Waals surface area contributed by atoms with Crippen molar-refractivity contribution >= 4 is 39.1 Å². The third-order valence-electron chi connectivity index (χ3n) is 3.98. The second-order valence-electron chi connectivity index (χ2n) is 6.08. The third kappa shape index (κ3) is 5.48. The zero-order valence-corrected chi connectivity index (χ0v) is 17.1. The number of hydrogen-bond acceptors (Lipinski definition) is 2. The summed E-state index contributed by atoms with van der Waals surface area (Å²) in [5.41, 5.74) is 3.88. The fourth-order valence-corrected chi connectivity index (χ4v) is 3.17. The Morgan fingerprint density at radius 2 is 1.92 bits per heavy atom. The normalized spacial score (nSPS) is 10.6. The number of halogens is 2. The molecule has 2 aromatic rings. The number of benzene rings is 2. The van der Waals surface area contributed by atoms with Crippen LogP contribution in [0.1, 0.15) is 36.5 Å². The van der Waals surface area contributed by atoms with Gasteiger partial charge in [-0.15, -0.1) is 0 Å². The molecular formula is C20H23BrClNO2. The van der Waals surface area contributed by atoms with Gasteiger partial charge in [0, 0.05) is 10.7 Å². The summed E-state index contributed by atoms with van der Waals surface area (Å²) in [5, 5.41) is 3.55. The number of amides is 1. The molecule has 0 radical (unpaired) electrons. The van der Waals surface area contributed by atoms with Gasteiger partial charge in [0.05, 0.1) is 4.47 Å². The van der Waals surface area contributed by atoms with Crippen molar-refractivity contribution in [2.45, 2.75) is 40.0 Å². The van der Waals surface area contributed by atoms with Gasteiger partial charge in [0.2, 0.25) is 0 Å². The van der Waals surface area contributed by atoms with Gasteiger partial charge in [0.15, 0.2) is 6.61 Å². The highest BCUT2D eigenvalue weighted by Crippen LogP contribution is 2.35. The van der Waals surface area contributed by atoms with Crippen molar-refractivity contribution in [3.8, 4) is 5.75 Å². The Kier molecular flexibility index (Phi) is 7.33. The van der Waals surface area contributed by atoms with Crippen molar-refractivity contribution in [1.29, 1.82) is 0 Å². The van der Waals surface area contributed by atoms with Crippen molar-refractivity contribution in [1.82, 2.24) is 0 Å². The lowest BCUT2D eigenvalue weighted by molar-refractivity contribution is -0.118. The first-order valence-corrected chi connectivity index (χ1v) is 9.56. The van der Waals surface area contributed by atoms with Crippen molar-refractivity contribution in [3.63, 3.8) is 0 Å². The molecule has 0 atom stereocenters. The highest BCUT2D eigenvalue weighted by Gasteiger charge is 2.12. The smallest absolute Gasteiger partial charge is 0.262 e. The fraction of sp³-hybridized carbons (Fsp3) is 0.350. The average Bonchev–Trinajstić information content (AvgIpc) is 2.61. The van der Waals surface area contributed by atoms with Crippen LogP contribution in [0.2, 0.25) is 5.02 Å².